The molecule has 1 amide bonds. The Bertz CT molecular complexity index is 1280. The number of nitrogens with zero attached hydrogens (tertiary/aromatic N) is 3. The fraction of sp³-hybridized carbons (Fsp3) is 0.261. The Morgan fingerprint density at radius 1 is 1.30 bits per heavy atom. The predicted octanol–water partition coefficient (Wildman–Crippen LogP) is 4.27. The predicted molar refractivity (Wildman–Crippen MR) is 132 cm³/mol. The summed E-state index contributed by atoms with van der Waals surface area (Å²) in [6.07, 6.45) is 2.04. The minimum absolute atomic E-state index is 0.00841. The van der Waals surface area contributed by atoms with Gasteiger partial charge >= 0.3 is 0 Å². The summed E-state index contributed by atoms with van der Waals surface area (Å²) in [4.78, 5) is 39.8. The maximum Gasteiger partial charge on any atom is 0.271 e. The zero-order chi connectivity index (χ0) is 24.3. The van der Waals surface area contributed by atoms with E-state index in [-0.39, 0.29) is 42.1 Å². The molecule has 33 heavy (non-hydrogen) atoms. The van der Waals surface area contributed by atoms with Gasteiger partial charge in [-0.05, 0) is 49.6 Å². The molecule has 0 saturated carbocycles. The summed E-state index contributed by atoms with van der Waals surface area (Å²) in [6.45, 7) is 3.46. The maximum absolute atomic E-state index is 12.9. The molecule has 3 rings (SSSR count). The first-order valence-corrected chi connectivity index (χ1v) is 11.7. The molecule has 1 fully saturated rings. The first kappa shape index (κ1) is 24.7. The van der Waals surface area contributed by atoms with Crippen LogP contribution in [0.25, 0.3) is 6.08 Å². The number of carbonyl (C=O) groups is 2. The van der Waals surface area contributed by atoms with Crippen molar-refractivity contribution in [3.05, 3.63) is 66.8 Å². The largest absolute Gasteiger partial charge is 0.494 e. The lowest BCUT2D eigenvalue weighted by molar-refractivity contribution is -0.122. The van der Waals surface area contributed by atoms with E-state index >= 15 is 0 Å². The number of pyridine rings is 1. The number of rotatable bonds is 7. The van der Waals surface area contributed by atoms with Crippen molar-refractivity contribution in [3.8, 4) is 11.9 Å². The second kappa shape index (κ2) is 10.3. The van der Waals surface area contributed by atoms with Crippen molar-refractivity contribution in [3.63, 3.8) is 0 Å². The number of Topliss-reactive ketones (excluding diaryl/α,β-unsaturated/α-hetero) is 1. The van der Waals surface area contributed by atoms with E-state index in [0.29, 0.717) is 20.7 Å². The molecule has 1 N–H and O–H groups in total. The molecular formula is C23H20ClN3O4S2. The highest BCUT2D eigenvalue weighted by Crippen LogP contribution is 2.33. The first-order valence-electron chi connectivity index (χ1n) is 10.1. The first-order chi connectivity index (χ1) is 15.7. The van der Waals surface area contributed by atoms with Crippen LogP contribution in [-0.4, -0.2) is 37.1 Å². The molecule has 1 aromatic heterocycles. The topological polar surface area (TPSA) is 103 Å². The number of hydrogen-bond acceptors (Lipinski definition) is 7. The zero-order valence-electron chi connectivity index (χ0n) is 17.9. The Balaban J connectivity index is 1.72. The van der Waals surface area contributed by atoms with Crippen molar-refractivity contribution >= 4 is 57.7 Å². The van der Waals surface area contributed by atoms with Crippen LogP contribution in [0, 0.1) is 18.3 Å². The number of benzene rings is 1. The van der Waals surface area contributed by atoms with Gasteiger partial charge in [-0.1, -0.05) is 47.7 Å². The number of hydrogen-bond donors (Lipinski definition) is 1. The number of ketones is 1. The van der Waals surface area contributed by atoms with Crippen molar-refractivity contribution in [1.29, 1.82) is 5.26 Å². The highest BCUT2D eigenvalue weighted by Gasteiger charge is 2.32. The SMILES string of the molecule is CCn1c(O)c(C(=O)CCCN2C(=O)/C(=C/c3ccc(Cl)cc3)SC2=S)c(C)c(C#N)c1=O. The summed E-state index contributed by atoms with van der Waals surface area (Å²) in [5, 5.41) is 20.4. The molecule has 1 aromatic carbocycles. The van der Waals surface area contributed by atoms with Crippen LogP contribution in [0.4, 0.5) is 0 Å². The fourth-order valence-electron chi connectivity index (χ4n) is 3.50. The van der Waals surface area contributed by atoms with Gasteiger partial charge in [-0.15, -0.1) is 0 Å². The number of thiocarbonyl (C=S) groups is 1. The Kier molecular flexibility index (Phi) is 7.74. The quantitative estimate of drug-likeness (QED) is 0.343. The Morgan fingerprint density at radius 2 is 1.97 bits per heavy atom. The van der Waals surface area contributed by atoms with Crippen LogP contribution < -0.4 is 5.56 Å². The third kappa shape index (κ3) is 5.03. The number of aromatic hydroxyl groups is 1. The fourth-order valence-corrected chi connectivity index (χ4v) is 4.94. The van der Waals surface area contributed by atoms with Gasteiger partial charge < -0.3 is 5.11 Å². The lowest BCUT2D eigenvalue weighted by atomic mass is 9.99. The summed E-state index contributed by atoms with van der Waals surface area (Å²) in [5.41, 5.74) is 0.145. The molecule has 0 radical (unpaired) electrons. The van der Waals surface area contributed by atoms with Gasteiger partial charge in [-0.3, -0.25) is 23.9 Å². The number of amides is 1. The van der Waals surface area contributed by atoms with E-state index in [1.165, 1.54) is 23.6 Å². The minimum atomic E-state index is -0.628. The second-order valence-electron chi connectivity index (χ2n) is 7.27. The van der Waals surface area contributed by atoms with Crippen LogP contribution in [0.5, 0.6) is 5.88 Å². The average Bonchev–Trinajstić information content (AvgIpc) is 3.03. The van der Waals surface area contributed by atoms with Gasteiger partial charge in [0, 0.05) is 24.5 Å². The summed E-state index contributed by atoms with van der Waals surface area (Å²) in [7, 11) is 0. The van der Waals surface area contributed by atoms with Crippen molar-refractivity contribution < 1.29 is 14.7 Å². The summed E-state index contributed by atoms with van der Waals surface area (Å²) in [6, 6.07) is 8.88. The molecule has 0 bridgehead atoms. The highest BCUT2D eigenvalue weighted by molar-refractivity contribution is 8.26. The van der Waals surface area contributed by atoms with Crippen LogP contribution in [0.3, 0.4) is 0 Å². The van der Waals surface area contributed by atoms with E-state index in [9.17, 15) is 24.8 Å². The van der Waals surface area contributed by atoms with Crippen molar-refractivity contribution in [2.45, 2.75) is 33.2 Å². The smallest absolute Gasteiger partial charge is 0.271 e. The van der Waals surface area contributed by atoms with E-state index in [4.69, 9.17) is 23.8 Å². The van der Waals surface area contributed by atoms with E-state index in [1.54, 1.807) is 37.3 Å². The molecule has 0 aliphatic carbocycles. The van der Waals surface area contributed by atoms with Crippen LogP contribution in [0.2, 0.25) is 5.02 Å². The number of halogens is 1. The second-order valence-corrected chi connectivity index (χ2v) is 9.38. The van der Waals surface area contributed by atoms with Crippen molar-refractivity contribution in [2.24, 2.45) is 0 Å². The maximum atomic E-state index is 12.9. The Morgan fingerprint density at radius 3 is 2.58 bits per heavy atom. The summed E-state index contributed by atoms with van der Waals surface area (Å²) in [5.74, 6) is -1.09. The number of nitriles is 1. The van der Waals surface area contributed by atoms with Gasteiger partial charge in [-0.2, -0.15) is 5.26 Å². The molecule has 0 unspecified atom stereocenters. The monoisotopic (exact) mass is 501 g/mol. The summed E-state index contributed by atoms with van der Waals surface area (Å²) < 4.78 is 1.40. The van der Waals surface area contributed by atoms with Crippen LogP contribution in [0.15, 0.2) is 34.0 Å². The Labute approximate surface area is 205 Å². The molecule has 1 saturated heterocycles. The number of carbonyl (C=O) groups excluding carboxylic acids is 2. The van der Waals surface area contributed by atoms with Crippen LogP contribution >= 0.6 is 35.6 Å². The van der Waals surface area contributed by atoms with Gasteiger partial charge in [0.2, 0.25) is 5.88 Å². The van der Waals surface area contributed by atoms with Crippen LogP contribution in [0.1, 0.15) is 46.8 Å². The average molecular weight is 502 g/mol. The van der Waals surface area contributed by atoms with E-state index < -0.39 is 17.2 Å². The van der Waals surface area contributed by atoms with Crippen LogP contribution in [-0.2, 0) is 11.3 Å². The normalized spacial score (nSPS) is 14.7. The molecule has 1 aliphatic rings. The third-order valence-corrected chi connectivity index (χ3v) is 6.85. The van der Waals surface area contributed by atoms with E-state index in [0.717, 1.165) is 10.1 Å². The zero-order valence-corrected chi connectivity index (χ0v) is 20.3. The molecule has 0 atom stereocenters. The molecule has 7 nitrogen and oxygen atoms in total. The molecule has 1 aliphatic heterocycles. The minimum Gasteiger partial charge on any atom is -0.494 e. The van der Waals surface area contributed by atoms with Gasteiger partial charge in [0.1, 0.15) is 16.0 Å². The molecule has 2 aromatic rings. The van der Waals surface area contributed by atoms with E-state index in [1.807, 2.05) is 6.07 Å². The molecule has 10 heteroatoms. The molecule has 170 valence electrons. The molecule has 2 heterocycles. The van der Waals surface area contributed by atoms with Crippen molar-refractivity contribution in [1.82, 2.24) is 9.47 Å². The van der Waals surface area contributed by atoms with Crippen molar-refractivity contribution in [2.75, 3.05) is 6.54 Å². The van der Waals surface area contributed by atoms with Gasteiger partial charge in [-0.25, -0.2) is 0 Å². The molecule has 0 spiro atoms. The lowest BCUT2D eigenvalue weighted by Crippen LogP contribution is -2.29. The third-order valence-electron chi connectivity index (χ3n) is 5.22. The number of thioether (sulfide) groups is 1. The van der Waals surface area contributed by atoms with Gasteiger partial charge in [0.15, 0.2) is 5.78 Å². The summed E-state index contributed by atoms with van der Waals surface area (Å²) >= 11 is 12.4. The molecular weight excluding hydrogens is 482 g/mol. The Hall–Kier alpha value is -2.93. The van der Waals surface area contributed by atoms with E-state index in [2.05, 4.69) is 0 Å². The standard InChI is InChI=1S/C23H20ClN3O4S2/c1-3-26-20(29)16(12-25)13(2)19(22(26)31)17(28)5-4-10-27-21(30)18(33-23(27)32)11-14-6-8-15(24)9-7-14/h6-9,11,31H,3-5,10H2,1-2H3/b18-11-. The van der Waals surface area contributed by atoms with Gasteiger partial charge in [0.05, 0.1) is 10.5 Å². The highest BCUT2D eigenvalue weighted by atomic mass is 35.5. The lowest BCUT2D eigenvalue weighted by Gasteiger charge is -2.16. The van der Waals surface area contributed by atoms with Gasteiger partial charge in [0.25, 0.3) is 11.5 Å². The number of aromatic nitrogens is 1.